The SMILES string of the molecule is C1=C(c2ccccc2)c2c(c(-c3c4ccccc4c(-c4ccc(-c5ccccc5)cc4)c4ccccc34)cc3ccccc23)NC1c1ccccc1. The van der Waals surface area contributed by atoms with Crippen molar-refractivity contribution in [2.24, 2.45) is 0 Å². The maximum absolute atomic E-state index is 4.09. The second-order valence-corrected chi connectivity index (χ2v) is 13.7. The van der Waals surface area contributed by atoms with E-state index in [-0.39, 0.29) is 6.04 Å². The van der Waals surface area contributed by atoms with Crippen LogP contribution in [0.4, 0.5) is 5.69 Å². The summed E-state index contributed by atoms with van der Waals surface area (Å²) < 4.78 is 0. The Kier molecular flexibility index (Phi) is 7.29. The van der Waals surface area contributed by atoms with Gasteiger partial charge in [0.15, 0.2) is 0 Å². The molecular weight excluding hydrogens is 627 g/mol. The first-order chi connectivity index (χ1) is 25.8. The van der Waals surface area contributed by atoms with Gasteiger partial charge in [0.05, 0.1) is 11.7 Å². The molecule has 0 fully saturated rings. The summed E-state index contributed by atoms with van der Waals surface area (Å²) in [6.07, 6.45) is 2.42. The fraction of sp³-hybridized carbons (Fsp3) is 0.0196. The van der Waals surface area contributed by atoms with Crippen molar-refractivity contribution in [1.29, 1.82) is 0 Å². The molecule has 1 heteroatoms. The number of nitrogens with one attached hydrogen (secondary N) is 1. The van der Waals surface area contributed by atoms with Crippen LogP contribution in [0.25, 0.3) is 71.3 Å². The van der Waals surface area contributed by atoms with Gasteiger partial charge in [-0.2, -0.15) is 0 Å². The van der Waals surface area contributed by atoms with Gasteiger partial charge in [-0.15, -0.1) is 0 Å². The zero-order chi connectivity index (χ0) is 34.4. The minimum atomic E-state index is 0.00347. The number of hydrogen-bond acceptors (Lipinski definition) is 1. The molecule has 0 bridgehead atoms. The first kappa shape index (κ1) is 30.2. The molecule has 9 aromatic rings. The number of fused-ring (bicyclic) bond motifs is 5. The monoisotopic (exact) mass is 661 g/mol. The molecule has 0 spiro atoms. The molecule has 0 saturated carbocycles. The van der Waals surface area contributed by atoms with Crippen molar-refractivity contribution < 1.29 is 0 Å². The average molecular weight is 662 g/mol. The average Bonchev–Trinajstić information content (AvgIpc) is 3.23. The minimum Gasteiger partial charge on any atom is -0.374 e. The van der Waals surface area contributed by atoms with Crippen LogP contribution >= 0.6 is 0 Å². The zero-order valence-corrected chi connectivity index (χ0v) is 28.6. The van der Waals surface area contributed by atoms with Crippen molar-refractivity contribution in [3.63, 3.8) is 0 Å². The van der Waals surface area contributed by atoms with E-state index in [1.165, 1.54) is 93.6 Å². The van der Waals surface area contributed by atoms with Crippen LogP contribution in [0.5, 0.6) is 0 Å². The lowest BCUT2D eigenvalue weighted by Gasteiger charge is -2.31. The van der Waals surface area contributed by atoms with E-state index in [9.17, 15) is 0 Å². The van der Waals surface area contributed by atoms with Crippen LogP contribution in [0.3, 0.4) is 0 Å². The van der Waals surface area contributed by atoms with E-state index in [2.05, 4.69) is 206 Å². The van der Waals surface area contributed by atoms with E-state index in [4.69, 9.17) is 0 Å². The van der Waals surface area contributed by atoms with Crippen molar-refractivity contribution in [3.8, 4) is 33.4 Å². The van der Waals surface area contributed by atoms with Crippen LogP contribution in [-0.4, -0.2) is 0 Å². The summed E-state index contributed by atoms with van der Waals surface area (Å²) in [7, 11) is 0. The zero-order valence-electron chi connectivity index (χ0n) is 28.6. The lowest BCUT2D eigenvalue weighted by atomic mass is 9.80. The Morgan fingerprint density at radius 1 is 0.346 bits per heavy atom. The topological polar surface area (TPSA) is 12.0 Å². The molecule has 1 aliphatic rings. The van der Waals surface area contributed by atoms with Crippen molar-refractivity contribution in [2.45, 2.75) is 6.04 Å². The molecule has 1 N–H and O–H groups in total. The standard InChI is InChI=1S/C51H35N/c1-4-16-34(17-5-1)35-28-30-38(31-29-35)48-41-24-12-14-26-43(41)49(44-27-15-13-25-42(44)48)46-32-39-22-10-11-23-40(39)50-45(36-18-6-2-7-19-36)33-47(52-51(46)50)37-20-8-3-9-21-37/h1-33,47,52H. The van der Waals surface area contributed by atoms with Crippen LogP contribution in [0.1, 0.15) is 22.7 Å². The summed E-state index contributed by atoms with van der Waals surface area (Å²) in [6, 6.07) is 70.6. The summed E-state index contributed by atoms with van der Waals surface area (Å²) in [5, 5.41) is 11.6. The largest absolute Gasteiger partial charge is 0.374 e. The van der Waals surface area contributed by atoms with Gasteiger partial charge in [-0.1, -0.05) is 188 Å². The Hall–Kier alpha value is -6.70. The second-order valence-electron chi connectivity index (χ2n) is 13.7. The van der Waals surface area contributed by atoms with Crippen molar-refractivity contribution in [2.75, 3.05) is 5.32 Å². The van der Waals surface area contributed by atoms with Crippen molar-refractivity contribution >= 4 is 43.6 Å². The van der Waals surface area contributed by atoms with Crippen molar-refractivity contribution in [3.05, 3.63) is 217 Å². The molecule has 1 nitrogen and oxygen atoms in total. The molecule has 1 unspecified atom stereocenters. The Balaban J connectivity index is 1.27. The molecule has 1 heterocycles. The van der Waals surface area contributed by atoms with Gasteiger partial charge < -0.3 is 5.32 Å². The molecule has 1 atom stereocenters. The van der Waals surface area contributed by atoms with Crippen LogP contribution in [-0.2, 0) is 0 Å². The van der Waals surface area contributed by atoms with Gasteiger partial charge in [-0.25, -0.2) is 0 Å². The maximum atomic E-state index is 4.09. The van der Waals surface area contributed by atoms with E-state index < -0.39 is 0 Å². The van der Waals surface area contributed by atoms with Crippen LogP contribution < -0.4 is 5.32 Å². The fourth-order valence-electron chi connectivity index (χ4n) is 8.31. The highest BCUT2D eigenvalue weighted by atomic mass is 14.9. The highest BCUT2D eigenvalue weighted by Gasteiger charge is 2.28. The van der Waals surface area contributed by atoms with Gasteiger partial charge in [0.2, 0.25) is 0 Å². The molecule has 0 aromatic heterocycles. The smallest absolute Gasteiger partial charge is 0.0707 e. The first-order valence-electron chi connectivity index (χ1n) is 18.1. The quantitative estimate of drug-likeness (QED) is 0.181. The number of rotatable bonds is 5. The lowest BCUT2D eigenvalue weighted by molar-refractivity contribution is 0.975. The Bertz CT molecular complexity index is 2720. The molecule has 0 saturated heterocycles. The third kappa shape index (κ3) is 5.01. The summed E-state index contributed by atoms with van der Waals surface area (Å²) in [5.74, 6) is 0. The molecule has 244 valence electrons. The molecule has 1 aliphatic heterocycles. The van der Waals surface area contributed by atoms with Crippen LogP contribution in [0, 0.1) is 0 Å². The number of benzene rings is 9. The predicted molar refractivity (Wildman–Crippen MR) is 222 cm³/mol. The van der Waals surface area contributed by atoms with Gasteiger partial charge in [-0.3, -0.25) is 0 Å². The molecule has 10 rings (SSSR count). The van der Waals surface area contributed by atoms with E-state index >= 15 is 0 Å². The number of hydrogen-bond donors (Lipinski definition) is 1. The van der Waals surface area contributed by atoms with E-state index in [0.29, 0.717) is 0 Å². The van der Waals surface area contributed by atoms with Gasteiger partial charge in [-0.05, 0) is 89.0 Å². The van der Waals surface area contributed by atoms with E-state index in [0.717, 1.165) is 0 Å². The van der Waals surface area contributed by atoms with Crippen LogP contribution in [0.2, 0.25) is 0 Å². The van der Waals surface area contributed by atoms with Crippen LogP contribution in [0.15, 0.2) is 200 Å². The molecule has 0 amide bonds. The fourth-order valence-corrected chi connectivity index (χ4v) is 8.31. The summed E-state index contributed by atoms with van der Waals surface area (Å²) in [4.78, 5) is 0. The lowest BCUT2D eigenvalue weighted by Crippen LogP contribution is -2.16. The van der Waals surface area contributed by atoms with E-state index in [1.54, 1.807) is 0 Å². The Morgan fingerprint density at radius 3 is 1.42 bits per heavy atom. The molecular formula is C51H35N. The number of anilines is 1. The van der Waals surface area contributed by atoms with Gasteiger partial charge in [0.1, 0.15) is 0 Å². The highest BCUT2D eigenvalue weighted by molar-refractivity contribution is 6.24. The normalized spacial score (nSPS) is 13.8. The van der Waals surface area contributed by atoms with E-state index in [1.807, 2.05) is 0 Å². The minimum absolute atomic E-state index is 0.00347. The summed E-state index contributed by atoms with van der Waals surface area (Å²) in [5.41, 5.74) is 13.5. The first-order valence-corrected chi connectivity index (χ1v) is 18.1. The third-order valence-electron chi connectivity index (χ3n) is 10.7. The molecule has 9 aromatic carbocycles. The molecule has 0 aliphatic carbocycles. The Labute approximate surface area is 304 Å². The third-order valence-corrected chi connectivity index (χ3v) is 10.7. The Morgan fingerprint density at radius 2 is 0.808 bits per heavy atom. The second kappa shape index (κ2) is 12.6. The van der Waals surface area contributed by atoms with Gasteiger partial charge in [0.25, 0.3) is 0 Å². The molecule has 52 heavy (non-hydrogen) atoms. The summed E-state index contributed by atoms with van der Waals surface area (Å²) in [6.45, 7) is 0. The molecule has 0 radical (unpaired) electrons. The highest BCUT2D eigenvalue weighted by Crippen LogP contribution is 2.51. The summed E-state index contributed by atoms with van der Waals surface area (Å²) >= 11 is 0. The predicted octanol–water partition coefficient (Wildman–Crippen LogP) is 13.7. The van der Waals surface area contributed by atoms with Gasteiger partial charge >= 0.3 is 0 Å². The maximum Gasteiger partial charge on any atom is 0.0707 e. The van der Waals surface area contributed by atoms with Crippen molar-refractivity contribution in [1.82, 2.24) is 0 Å². The van der Waals surface area contributed by atoms with Gasteiger partial charge in [0, 0.05) is 11.1 Å².